The maximum Gasteiger partial charge on any atom is 0.228 e. The number of ether oxygens (including phenoxy) is 1. The fourth-order valence-electron chi connectivity index (χ4n) is 2.60. The number of allylic oxidation sites excluding steroid dienone is 1. The average Bonchev–Trinajstić information content (AvgIpc) is 3.09. The summed E-state index contributed by atoms with van der Waals surface area (Å²) in [6.07, 6.45) is 6.50. The first kappa shape index (κ1) is 18.1. The Morgan fingerprint density at radius 3 is 3.04 bits per heavy atom. The summed E-state index contributed by atoms with van der Waals surface area (Å²) >= 11 is 1.56. The van der Waals surface area contributed by atoms with Crippen LogP contribution in [-0.4, -0.2) is 17.5 Å². The summed E-state index contributed by atoms with van der Waals surface area (Å²) in [4.78, 5) is 16.6. The standard InChI is InChI=1S/C21H22N2O2S/c1-2-3-4-5-11-25-18-8-6-7-16(12-18)13-21(24)23-17-9-10-19-20(14-17)26-15-22-19/h3-4,6-10,12,14-15H,2,5,11,13H2,1H3,(H,23,24)/b4-3+. The molecule has 3 rings (SSSR count). The molecule has 0 aliphatic heterocycles. The number of carbonyl (C=O) groups excluding carboxylic acids is 1. The van der Waals surface area contributed by atoms with Crippen molar-refractivity contribution in [2.24, 2.45) is 0 Å². The lowest BCUT2D eigenvalue weighted by atomic mass is 10.1. The van der Waals surface area contributed by atoms with Gasteiger partial charge in [0.15, 0.2) is 0 Å². The van der Waals surface area contributed by atoms with Crippen LogP contribution in [0, 0.1) is 0 Å². The molecule has 26 heavy (non-hydrogen) atoms. The molecule has 1 heterocycles. The molecule has 0 aliphatic rings. The second-order valence-corrected chi connectivity index (χ2v) is 6.81. The van der Waals surface area contributed by atoms with Gasteiger partial charge < -0.3 is 10.1 Å². The van der Waals surface area contributed by atoms with Crippen LogP contribution in [0.3, 0.4) is 0 Å². The van der Waals surface area contributed by atoms with E-state index in [9.17, 15) is 4.79 Å². The van der Waals surface area contributed by atoms with Crippen LogP contribution >= 0.6 is 11.3 Å². The number of fused-ring (bicyclic) bond motifs is 1. The number of aromatic nitrogens is 1. The van der Waals surface area contributed by atoms with Crippen LogP contribution in [0.4, 0.5) is 5.69 Å². The lowest BCUT2D eigenvalue weighted by molar-refractivity contribution is -0.115. The number of amides is 1. The molecule has 1 N–H and O–H groups in total. The zero-order chi connectivity index (χ0) is 18.2. The third-order valence-electron chi connectivity index (χ3n) is 3.83. The molecule has 0 saturated carbocycles. The van der Waals surface area contributed by atoms with Gasteiger partial charge in [-0.05, 0) is 48.7 Å². The van der Waals surface area contributed by atoms with Crippen LogP contribution in [0.2, 0.25) is 0 Å². The highest BCUT2D eigenvalue weighted by Gasteiger charge is 2.07. The Morgan fingerprint density at radius 2 is 2.15 bits per heavy atom. The van der Waals surface area contributed by atoms with Gasteiger partial charge in [0.2, 0.25) is 5.91 Å². The van der Waals surface area contributed by atoms with Crippen LogP contribution in [0.15, 0.2) is 60.1 Å². The fourth-order valence-corrected chi connectivity index (χ4v) is 3.31. The number of carbonyl (C=O) groups is 1. The zero-order valence-electron chi connectivity index (χ0n) is 14.8. The lowest BCUT2D eigenvalue weighted by Gasteiger charge is -2.08. The molecule has 2 aromatic carbocycles. The Hall–Kier alpha value is -2.66. The molecular weight excluding hydrogens is 344 g/mol. The van der Waals surface area contributed by atoms with Crippen molar-refractivity contribution in [1.82, 2.24) is 4.98 Å². The Labute approximate surface area is 157 Å². The SMILES string of the molecule is CC/C=C/CCOc1cccc(CC(=O)Nc2ccc3ncsc3c2)c1. The summed E-state index contributed by atoms with van der Waals surface area (Å²) in [7, 11) is 0. The number of hydrogen-bond acceptors (Lipinski definition) is 4. The molecule has 1 aromatic heterocycles. The van der Waals surface area contributed by atoms with Crippen LogP contribution < -0.4 is 10.1 Å². The van der Waals surface area contributed by atoms with Crippen molar-refractivity contribution in [3.05, 3.63) is 65.7 Å². The molecule has 0 atom stereocenters. The summed E-state index contributed by atoms with van der Waals surface area (Å²) in [5.74, 6) is 0.753. The Morgan fingerprint density at radius 1 is 1.23 bits per heavy atom. The van der Waals surface area contributed by atoms with Crippen molar-refractivity contribution in [1.29, 1.82) is 0 Å². The van der Waals surface area contributed by atoms with Crippen LogP contribution in [0.1, 0.15) is 25.3 Å². The third kappa shape index (κ3) is 5.17. The first-order valence-corrected chi connectivity index (χ1v) is 9.62. The number of hydrogen-bond donors (Lipinski definition) is 1. The van der Waals surface area contributed by atoms with Gasteiger partial charge in [0, 0.05) is 5.69 Å². The summed E-state index contributed by atoms with van der Waals surface area (Å²) < 4.78 is 6.81. The molecule has 134 valence electrons. The number of nitrogens with zero attached hydrogens (tertiary/aromatic N) is 1. The molecule has 0 unspecified atom stereocenters. The zero-order valence-corrected chi connectivity index (χ0v) is 15.6. The maximum atomic E-state index is 12.3. The number of thiazole rings is 1. The maximum absolute atomic E-state index is 12.3. The van der Waals surface area contributed by atoms with E-state index in [0.29, 0.717) is 13.0 Å². The van der Waals surface area contributed by atoms with Gasteiger partial charge in [0.1, 0.15) is 5.75 Å². The lowest BCUT2D eigenvalue weighted by Crippen LogP contribution is -2.14. The summed E-state index contributed by atoms with van der Waals surface area (Å²) in [6, 6.07) is 13.5. The Bertz CT molecular complexity index is 902. The van der Waals surface area contributed by atoms with E-state index in [1.807, 2.05) is 42.5 Å². The van der Waals surface area contributed by atoms with Crippen LogP contribution in [0.25, 0.3) is 10.2 Å². The van der Waals surface area contributed by atoms with Gasteiger partial charge in [-0.1, -0.05) is 31.2 Å². The molecule has 0 aliphatic carbocycles. The van der Waals surface area contributed by atoms with Gasteiger partial charge in [0.25, 0.3) is 0 Å². The highest BCUT2D eigenvalue weighted by atomic mass is 32.1. The average molecular weight is 366 g/mol. The normalized spacial score (nSPS) is 11.1. The minimum absolute atomic E-state index is 0.0445. The molecule has 1 amide bonds. The van der Waals surface area contributed by atoms with Crippen molar-refractivity contribution in [3.8, 4) is 5.75 Å². The molecule has 0 bridgehead atoms. The van der Waals surface area contributed by atoms with Gasteiger partial charge in [-0.2, -0.15) is 0 Å². The smallest absolute Gasteiger partial charge is 0.228 e. The number of rotatable bonds is 8. The molecule has 0 spiro atoms. The van der Waals surface area contributed by atoms with Crippen LogP contribution in [-0.2, 0) is 11.2 Å². The van der Waals surface area contributed by atoms with Gasteiger partial charge in [-0.15, -0.1) is 11.3 Å². The van der Waals surface area contributed by atoms with E-state index in [4.69, 9.17) is 4.74 Å². The second kappa shape index (κ2) is 9.15. The van der Waals surface area contributed by atoms with Gasteiger partial charge in [-0.3, -0.25) is 4.79 Å². The summed E-state index contributed by atoms with van der Waals surface area (Å²) in [5.41, 5.74) is 4.48. The second-order valence-electron chi connectivity index (χ2n) is 5.92. The van der Waals surface area contributed by atoms with E-state index in [0.717, 1.165) is 40.1 Å². The molecule has 0 fully saturated rings. The van der Waals surface area contributed by atoms with E-state index >= 15 is 0 Å². The van der Waals surface area contributed by atoms with Crippen LogP contribution in [0.5, 0.6) is 5.75 Å². The van der Waals surface area contributed by atoms with E-state index in [2.05, 4.69) is 29.4 Å². The molecule has 0 saturated heterocycles. The predicted octanol–water partition coefficient (Wildman–Crippen LogP) is 5.21. The molecule has 5 heteroatoms. The molecule has 0 radical (unpaired) electrons. The van der Waals surface area contributed by atoms with Crippen molar-refractivity contribution in [2.75, 3.05) is 11.9 Å². The monoisotopic (exact) mass is 366 g/mol. The minimum atomic E-state index is -0.0445. The van der Waals surface area contributed by atoms with E-state index < -0.39 is 0 Å². The van der Waals surface area contributed by atoms with Gasteiger partial charge in [0.05, 0.1) is 28.8 Å². The van der Waals surface area contributed by atoms with E-state index in [-0.39, 0.29) is 5.91 Å². The third-order valence-corrected chi connectivity index (χ3v) is 4.63. The van der Waals surface area contributed by atoms with E-state index in [1.54, 1.807) is 16.8 Å². The molecule has 3 aromatic rings. The highest BCUT2D eigenvalue weighted by Crippen LogP contribution is 2.22. The van der Waals surface area contributed by atoms with Gasteiger partial charge in [-0.25, -0.2) is 4.98 Å². The first-order chi connectivity index (χ1) is 12.7. The topological polar surface area (TPSA) is 51.2 Å². The summed E-state index contributed by atoms with van der Waals surface area (Å²) in [6.45, 7) is 2.75. The number of anilines is 1. The largest absolute Gasteiger partial charge is 0.493 e. The predicted molar refractivity (Wildman–Crippen MR) is 108 cm³/mol. The highest BCUT2D eigenvalue weighted by molar-refractivity contribution is 7.16. The van der Waals surface area contributed by atoms with Crippen molar-refractivity contribution < 1.29 is 9.53 Å². The first-order valence-electron chi connectivity index (χ1n) is 8.74. The molecule has 4 nitrogen and oxygen atoms in total. The molecular formula is C21H22N2O2S. The van der Waals surface area contributed by atoms with Crippen molar-refractivity contribution >= 4 is 33.1 Å². The Balaban J connectivity index is 1.55. The van der Waals surface area contributed by atoms with Gasteiger partial charge >= 0.3 is 0 Å². The summed E-state index contributed by atoms with van der Waals surface area (Å²) in [5, 5.41) is 2.95. The van der Waals surface area contributed by atoms with Crippen molar-refractivity contribution in [2.45, 2.75) is 26.2 Å². The van der Waals surface area contributed by atoms with Crippen molar-refractivity contribution in [3.63, 3.8) is 0 Å². The Kier molecular flexibility index (Phi) is 6.39. The number of nitrogens with one attached hydrogen (secondary N) is 1. The number of benzene rings is 2. The van der Waals surface area contributed by atoms with E-state index in [1.165, 1.54) is 0 Å². The quantitative estimate of drug-likeness (QED) is 0.440. The fraction of sp³-hybridized carbons (Fsp3) is 0.238. The minimum Gasteiger partial charge on any atom is -0.493 e.